The van der Waals surface area contributed by atoms with Crippen LogP contribution in [0.2, 0.25) is 0 Å². The van der Waals surface area contributed by atoms with Crippen molar-refractivity contribution in [1.29, 1.82) is 0 Å². The van der Waals surface area contributed by atoms with E-state index in [2.05, 4.69) is 9.88 Å². The number of ether oxygens (including phenoxy) is 1. The van der Waals surface area contributed by atoms with E-state index in [9.17, 15) is 4.79 Å². The number of carbonyl (C=O) groups excluding carboxylic acids is 1. The van der Waals surface area contributed by atoms with Gasteiger partial charge in [-0.15, -0.1) is 11.3 Å². The summed E-state index contributed by atoms with van der Waals surface area (Å²) in [7, 11) is 1.61. The number of carbonyl (C=O) groups is 1. The average Bonchev–Trinajstić information content (AvgIpc) is 3.36. The third kappa shape index (κ3) is 3.22. The van der Waals surface area contributed by atoms with E-state index >= 15 is 0 Å². The van der Waals surface area contributed by atoms with Gasteiger partial charge < -0.3 is 14.1 Å². The Hall–Kier alpha value is -2.38. The molecule has 0 aliphatic carbocycles. The van der Waals surface area contributed by atoms with Gasteiger partial charge in [0.25, 0.3) is 5.91 Å². The van der Waals surface area contributed by atoms with Crippen molar-refractivity contribution in [3.05, 3.63) is 46.1 Å². The van der Waals surface area contributed by atoms with E-state index in [1.807, 2.05) is 42.3 Å². The summed E-state index contributed by atoms with van der Waals surface area (Å²) >= 11 is 1.76. The maximum absolute atomic E-state index is 13.2. The number of furan rings is 1. The molecule has 1 spiro atoms. The second-order valence-electron chi connectivity index (χ2n) is 8.06. The van der Waals surface area contributed by atoms with E-state index in [0.717, 1.165) is 55.8 Å². The number of thiazole rings is 1. The molecule has 152 valence electrons. The number of benzene rings is 1. The van der Waals surface area contributed by atoms with Crippen LogP contribution in [0.4, 0.5) is 0 Å². The molecule has 7 heteroatoms. The monoisotopic (exact) mass is 411 g/mol. The first-order valence-corrected chi connectivity index (χ1v) is 10.9. The third-order valence-corrected chi connectivity index (χ3v) is 7.21. The molecule has 2 aliphatic rings. The molecule has 4 heterocycles. The molecule has 1 amide bonds. The van der Waals surface area contributed by atoms with Crippen LogP contribution in [-0.4, -0.2) is 53.0 Å². The Morgan fingerprint density at radius 1 is 1.34 bits per heavy atom. The normalized spacial score (nSPS) is 22.2. The zero-order valence-electron chi connectivity index (χ0n) is 16.8. The molecule has 29 heavy (non-hydrogen) atoms. The maximum Gasteiger partial charge on any atom is 0.289 e. The third-order valence-electron chi connectivity index (χ3n) is 6.31. The van der Waals surface area contributed by atoms with Gasteiger partial charge in [-0.3, -0.25) is 9.69 Å². The number of nitrogens with zero attached hydrogens (tertiary/aromatic N) is 3. The number of para-hydroxylation sites is 1. The van der Waals surface area contributed by atoms with Crippen LogP contribution < -0.4 is 4.74 Å². The number of rotatable bonds is 4. The van der Waals surface area contributed by atoms with Gasteiger partial charge in [0.15, 0.2) is 17.1 Å². The summed E-state index contributed by atoms with van der Waals surface area (Å²) in [4.78, 5) is 23.4. The van der Waals surface area contributed by atoms with Crippen LogP contribution in [0.15, 0.2) is 34.9 Å². The fourth-order valence-electron chi connectivity index (χ4n) is 4.71. The van der Waals surface area contributed by atoms with Crippen molar-refractivity contribution in [2.75, 3.05) is 26.7 Å². The lowest BCUT2D eigenvalue weighted by Crippen LogP contribution is -2.66. The lowest BCUT2D eigenvalue weighted by atomic mass is 9.77. The van der Waals surface area contributed by atoms with Crippen molar-refractivity contribution in [3.8, 4) is 5.75 Å². The number of hydrogen-bond donors (Lipinski definition) is 0. The van der Waals surface area contributed by atoms with E-state index in [1.165, 1.54) is 4.88 Å². The summed E-state index contributed by atoms with van der Waals surface area (Å²) in [6, 6.07) is 7.54. The molecular weight excluding hydrogens is 386 g/mol. The summed E-state index contributed by atoms with van der Waals surface area (Å²) in [6.45, 7) is 5.60. The zero-order valence-corrected chi connectivity index (χ0v) is 17.6. The van der Waals surface area contributed by atoms with Crippen LogP contribution in [0.25, 0.3) is 11.0 Å². The van der Waals surface area contributed by atoms with Gasteiger partial charge in [0.2, 0.25) is 0 Å². The Morgan fingerprint density at radius 2 is 2.24 bits per heavy atom. The van der Waals surface area contributed by atoms with Crippen molar-refractivity contribution >= 4 is 28.2 Å². The van der Waals surface area contributed by atoms with E-state index < -0.39 is 0 Å². The van der Waals surface area contributed by atoms with Gasteiger partial charge in [0.05, 0.1) is 12.1 Å². The topological polar surface area (TPSA) is 58.8 Å². The second-order valence-corrected chi connectivity index (χ2v) is 9.38. The number of aromatic nitrogens is 1. The summed E-state index contributed by atoms with van der Waals surface area (Å²) in [5, 5.41) is 2.00. The van der Waals surface area contributed by atoms with Crippen LogP contribution in [0.5, 0.6) is 5.75 Å². The van der Waals surface area contributed by atoms with Crippen molar-refractivity contribution in [3.63, 3.8) is 0 Å². The number of amides is 1. The molecule has 2 saturated heterocycles. The van der Waals surface area contributed by atoms with E-state index in [-0.39, 0.29) is 11.4 Å². The molecule has 3 aromatic rings. The maximum atomic E-state index is 13.2. The van der Waals surface area contributed by atoms with Crippen LogP contribution in [0.3, 0.4) is 0 Å². The molecular formula is C22H25N3O3S. The van der Waals surface area contributed by atoms with Gasteiger partial charge in [-0.1, -0.05) is 12.1 Å². The first-order valence-electron chi connectivity index (χ1n) is 10.1. The van der Waals surface area contributed by atoms with Gasteiger partial charge in [0.1, 0.15) is 0 Å². The van der Waals surface area contributed by atoms with Crippen molar-refractivity contribution in [2.24, 2.45) is 0 Å². The molecule has 0 saturated carbocycles. The Kier molecular flexibility index (Phi) is 4.59. The lowest BCUT2D eigenvalue weighted by molar-refractivity contribution is -0.0647. The van der Waals surface area contributed by atoms with Crippen molar-refractivity contribution in [1.82, 2.24) is 14.8 Å². The molecule has 1 atom stereocenters. The highest BCUT2D eigenvalue weighted by Gasteiger charge is 2.48. The molecule has 6 nitrogen and oxygen atoms in total. The largest absolute Gasteiger partial charge is 0.493 e. The zero-order chi connectivity index (χ0) is 20.0. The number of methoxy groups -OCH3 is 1. The minimum atomic E-state index is -0.0252. The second kappa shape index (κ2) is 7.15. The molecule has 0 bridgehead atoms. The first kappa shape index (κ1) is 18.6. The number of hydrogen-bond acceptors (Lipinski definition) is 6. The summed E-state index contributed by atoms with van der Waals surface area (Å²) in [5.41, 5.74) is 0.728. The van der Waals surface area contributed by atoms with Gasteiger partial charge >= 0.3 is 0 Å². The quantitative estimate of drug-likeness (QED) is 0.647. The van der Waals surface area contributed by atoms with Crippen LogP contribution in [0, 0.1) is 6.92 Å². The molecule has 0 radical (unpaired) electrons. The smallest absolute Gasteiger partial charge is 0.289 e. The van der Waals surface area contributed by atoms with Gasteiger partial charge in [-0.25, -0.2) is 4.98 Å². The highest BCUT2D eigenvalue weighted by Crippen LogP contribution is 2.40. The van der Waals surface area contributed by atoms with Crippen LogP contribution in [-0.2, 0) is 6.54 Å². The average molecular weight is 412 g/mol. The predicted octanol–water partition coefficient (Wildman–Crippen LogP) is 4.09. The summed E-state index contributed by atoms with van der Waals surface area (Å²) in [6.07, 6.45) is 5.29. The Balaban J connectivity index is 1.34. The molecule has 2 fully saturated rings. The fraction of sp³-hybridized carbons (Fsp3) is 0.455. The lowest BCUT2D eigenvalue weighted by Gasteiger charge is -2.57. The standard InChI is InChI=1S/C22H25N3O3S/c1-15-23-12-17(29-15)13-25-10-8-22(25)7-4-9-24(14-22)21(26)19-11-16-5-3-6-18(27-2)20(16)28-19/h3,5-6,11-12H,4,7-10,13-14H2,1-2H3/t22-/m1/s1. The van der Waals surface area contributed by atoms with Crippen LogP contribution >= 0.6 is 11.3 Å². The van der Waals surface area contributed by atoms with E-state index in [1.54, 1.807) is 18.4 Å². The molecule has 1 aromatic carbocycles. The minimum absolute atomic E-state index is 0.0252. The van der Waals surface area contributed by atoms with Crippen molar-refractivity contribution in [2.45, 2.75) is 38.3 Å². The predicted molar refractivity (Wildman–Crippen MR) is 113 cm³/mol. The number of likely N-dealkylation sites (tertiary alicyclic amines) is 2. The highest BCUT2D eigenvalue weighted by molar-refractivity contribution is 7.11. The Bertz CT molecular complexity index is 1060. The number of aryl methyl sites for hydroxylation is 1. The summed E-state index contributed by atoms with van der Waals surface area (Å²) in [5.74, 6) is 1.02. The van der Waals surface area contributed by atoms with Gasteiger partial charge in [-0.2, -0.15) is 0 Å². The molecule has 0 N–H and O–H groups in total. The molecule has 0 unspecified atom stereocenters. The van der Waals surface area contributed by atoms with Gasteiger partial charge in [-0.05, 0) is 38.3 Å². The number of fused-ring (bicyclic) bond motifs is 1. The van der Waals surface area contributed by atoms with Gasteiger partial charge in [0, 0.05) is 48.2 Å². The van der Waals surface area contributed by atoms with Crippen LogP contribution in [0.1, 0.15) is 39.7 Å². The Morgan fingerprint density at radius 3 is 2.97 bits per heavy atom. The SMILES string of the molecule is COc1cccc2cc(C(=O)N3CCC[C@@]4(CCN4Cc4cnc(C)s4)C3)oc12. The first-order chi connectivity index (χ1) is 14.1. The number of piperidine rings is 1. The van der Waals surface area contributed by atoms with E-state index in [4.69, 9.17) is 9.15 Å². The molecule has 5 rings (SSSR count). The summed E-state index contributed by atoms with van der Waals surface area (Å²) < 4.78 is 11.3. The Labute approximate surface area is 174 Å². The van der Waals surface area contributed by atoms with E-state index in [0.29, 0.717) is 17.1 Å². The molecule has 2 aliphatic heterocycles. The molecule has 2 aromatic heterocycles. The fourth-order valence-corrected chi connectivity index (χ4v) is 5.52. The van der Waals surface area contributed by atoms with Crippen molar-refractivity contribution < 1.29 is 13.9 Å². The highest BCUT2D eigenvalue weighted by atomic mass is 32.1. The minimum Gasteiger partial charge on any atom is -0.493 e.